The molecule has 4 heteroatoms. The third kappa shape index (κ3) is 4.98. The zero-order valence-corrected chi connectivity index (χ0v) is 17.3. The van der Waals surface area contributed by atoms with Gasteiger partial charge in [-0.05, 0) is 47.0 Å². The third-order valence-corrected chi connectivity index (χ3v) is 5.29. The van der Waals surface area contributed by atoms with E-state index in [2.05, 4.69) is 10.6 Å². The molecule has 0 aromatic heterocycles. The van der Waals surface area contributed by atoms with E-state index in [0.717, 1.165) is 21.9 Å². The van der Waals surface area contributed by atoms with Gasteiger partial charge >= 0.3 is 0 Å². The van der Waals surface area contributed by atoms with Gasteiger partial charge in [0.2, 0.25) is 5.91 Å². The van der Waals surface area contributed by atoms with Crippen molar-refractivity contribution in [3.63, 3.8) is 0 Å². The number of hydrogen-bond donors (Lipinski definition) is 2. The van der Waals surface area contributed by atoms with Crippen molar-refractivity contribution < 1.29 is 9.59 Å². The molecule has 0 heterocycles. The summed E-state index contributed by atoms with van der Waals surface area (Å²) in [4.78, 5) is 25.3. The molecule has 0 aliphatic heterocycles. The maximum absolute atomic E-state index is 12.7. The molecule has 1 unspecified atom stereocenters. The van der Waals surface area contributed by atoms with E-state index in [0.29, 0.717) is 11.3 Å². The maximum Gasteiger partial charge on any atom is 0.251 e. The van der Waals surface area contributed by atoms with Crippen LogP contribution < -0.4 is 10.6 Å². The highest BCUT2D eigenvalue weighted by Crippen LogP contribution is 2.20. The lowest BCUT2D eigenvalue weighted by Crippen LogP contribution is -2.26. The van der Waals surface area contributed by atoms with Crippen molar-refractivity contribution in [3.05, 3.63) is 114 Å². The van der Waals surface area contributed by atoms with Crippen LogP contribution in [-0.4, -0.2) is 11.8 Å². The molecule has 0 saturated heterocycles. The summed E-state index contributed by atoms with van der Waals surface area (Å²) in [5, 5.41) is 8.10. The quantitative estimate of drug-likeness (QED) is 0.442. The van der Waals surface area contributed by atoms with Crippen LogP contribution in [0.25, 0.3) is 10.8 Å². The first-order chi connectivity index (χ1) is 15.1. The standard InChI is InChI=1S/C27H24N2O2/c1-19(20-9-3-2-4-10-20)28-27(31)23-14-8-15-24(17-23)29-26(30)18-22-13-7-12-21-11-5-6-16-25(21)22/h2-17,19H,18H2,1H3,(H,28,31)(H,29,30). The summed E-state index contributed by atoms with van der Waals surface area (Å²) in [6, 6.07) is 30.7. The van der Waals surface area contributed by atoms with Crippen LogP contribution in [0.5, 0.6) is 0 Å². The van der Waals surface area contributed by atoms with Crippen LogP contribution in [-0.2, 0) is 11.2 Å². The van der Waals surface area contributed by atoms with Gasteiger partial charge in [0.1, 0.15) is 0 Å². The van der Waals surface area contributed by atoms with E-state index in [1.54, 1.807) is 24.3 Å². The number of nitrogens with one attached hydrogen (secondary N) is 2. The molecule has 4 rings (SSSR count). The SMILES string of the molecule is CC(NC(=O)c1cccc(NC(=O)Cc2cccc3ccccc23)c1)c1ccccc1. The van der Waals surface area contributed by atoms with E-state index in [-0.39, 0.29) is 24.3 Å². The highest BCUT2D eigenvalue weighted by atomic mass is 16.2. The second-order valence-corrected chi connectivity index (χ2v) is 7.55. The van der Waals surface area contributed by atoms with Crippen molar-refractivity contribution in [2.45, 2.75) is 19.4 Å². The Kier molecular flexibility index (Phi) is 6.08. The van der Waals surface area contributed by atoms with Gasteiger partial charge in [0, 0.05) is 11.3 Å². The Morgan fingerprint density at radius 3 is 2.35 bits per heavy atom. The molecular formula is C27H24N2O2. The summed E-state index contributed by atoms with van der Waals surface area (Å²) in [7, 11) is 0. The zero-order valence-electron chi connectivity index (χ0n) is 17.3. The van der Waals surface area contributed by atoms with Crippen LogP contribution in [0.1, 0.15) is 34.5 Å². The lowest BCUT2D eigenvalue weighted by Gasteiger charge is -2.15. The number of hydrogen-bond acceptors (Lipinski definition) is 2. The summed E-state index contributed by atoms with van der Waals surface area (Å²) in [6.45, 7) is 1.95. The van der Waals surface area contributed by atoms with Gasteiger partial charge in [0.25, 0.3) is 5.91 Å². The minimum Gasteiger partial charge on any atom is -0.346 e. The molecule has 154 valence electrons. The number of carbonyl (C=O) groups is 2. The molecule has 0 saturated carbocycles. The molecule has 1 atom stereocenters. The minimum atomic E-state index is -0.179. The molecule has 0 radical (unpaired) electrons. The number of benzene rings is 4. The molecular weight excluding hydrogens is 384 g/mol. The van der Waals surface area contributed by atoms with E-state index >= 15 is 0 Å². The van der Waals surface area contributed by atoms with Crippen molar-refractivity contribution in [2.24, 2.45) is 0 Å². The van der Waals surface area contributed by atoms with Crippen molar-refractivity contribution in [3.8, 4) is 0 Å². The monoisotopic (exact) mass is 408 g/mol. The van der Waals surface area contributed by atoms with E-state index < -0.39 is 0 Å². The molecule has 2 N–H and O–H groups in total. The molecule has 4 nitrogen and oxygen atoms in total. The summed E-state index contributed by atoms with van der Waals surface area (Å²) in [5.41, 5.74) is 3.12. The van der Waals surface area contributed by atoms with Crippen LogP contribution in [0, 0.1) is 0 Å². The molecule has 2 amide bonds. The largest absolute Gasteiger partial charge is 0.346 e. The summed E-state index contributed by atoms with van der Waals surface area (Å²) >= 11 is 0. The lowest BCUT2D eigenvalue weighted by atomic mass is 10.0. The van der Waals surface area contributed by atoms with Gasteiger partial charge in [0.05, 0.1) is 12.5 Å². The number of carbonyl (C=O) groups excluding carboxylic acids is 2. The van der Waals surface area contributed by atoms with Gasteiger partial charge in [0.15, 0.2) is 0 Å². The smallest absolute Gasteiger partial charge is 0.251 e. The number of amides is 2. The predicted octanol–water partition coefficient (Wildman–Crippen LogP) is 5.51. The van der Waals surface area contributed by atoms with Gasteiger partial charge < -0.3 is 10.6 Å². The fraction of sp³-hybridized carbons (Fsp3) is 0.111. The Morgan fingerprint density at radius 1 is 0.806 bits per heavy atom. The van der Waals surface area contributed by atoms with Gasteiger partial charge in [-0.3, -0.25) is 9.59 Å². The minimum absolute atomic E-state index is 0.113. The van der Waals surface area contributed by atoms with Crippen molar-refractivity contribution >= 4 is 28.3 Å². The van der Waals surface area contributed by atoms with Gasteiger partial charge in [-0.15, -0.1) is 0 Å². The average molecular weight is 409 g/mol. The maximum atomic E-state index is 12.7. The van der Waals surface area contributed by atoms with Crippen LogP contribution >= 0.6 is 0 Å². The summed E-state index contributed by atoms with van der Waals surface area (Å²) in [5.74, 6) is -0.298. The van der Waals surface area contributed by atoms with Crippen molar-refractivity contribution in [2.75, 3.05) is 5.32 Å². The molecule has 0 bridgehead atoms. The van der Waals surface area contributed by atoms with Crippen LogP contribution in [0.15, 0.2) is 97.1 Å². The number of anilines is 1. The Morgan fingerprint density at radius 2 is 1.52 bits per heavy atom. The topological polar surface area (TPSA) is 58.2 Å². The first kappa shape index (κ1) is 20.4. The lowest BCUT2D eigenvalue weighted by molar-refractivity contribution is -0.115. The summed E-state index contributed by atoms with van der Waals surface area (Å²) in [6.07, 6.45) is 0.267. The normalized spacial score (nSPS) is 11.6. The van der Waals surface area contributed by atoms with Crippen LogP contribution in [0.2, 0.25) is 0 Å². The molecule has 31 heavy (non-hydrogen) atoms. The molecule has 0 spiro atoms. The number of fused-ring (bicyclic) bond motifs is 1. The Bertz CT molecular complexity index is 1210. The fourth-order valence-corrected chi connectivity index (χ4v) is 3.67. The first-order valence-electron chi connectivity index (χ1n) is 10.3. The van der Waals surface area contributed by atoms with Gasteiger partial charge in [-0.2, -0.15) is 0 Å². The first-order valence-corrected chi connectivity index (χ1v) is 10.3. The van der Waals surface area contributed by atoms with Crippen LogP contribution in [0.4, 0.5) is 5.69 Å². The van der Waals surface area contributed by atoms with E-state index in [4.69, 9.17) is 0 Å². The van der Waals surface area contributed by atoms with E-state index in [9.17, 15) is 9.59 Å². The Balaban J connectivity index is 1.43. The summed E-state index contributed by atoms with van der Waals surface area (Å²) < 4.78 is 0. The Labute approximate surface area is 181 Å². The highest BCUT2D eigenvalue weighted by Gasteiger charge is 2.13. The second kappa shape index (κ2) is 9.26. The molecule has 0 fully saturated rings. The third-order valence-electron chi connectivity index (χ3n) is 5.29. The molecule has 0 aliphatic rings. The molecule has 4 aromatic rings. The van der Waals surface area contributed by atoms with Crippen molar-refractivity contribution in [1.82, 2.24) is 5.32 Å². The Hall–Kier alpha value is -3.92. The highest BCUT2D eigenvalue weighted by molar-refractivity contribution is 5.99. The average Bonchev–Trinajstić information content (AvgIpc) is 2.80. The van der Waals surface area contributed by atoms with E-state index in [1.165, 1.54) is 0 Å². The molecule has 4 aromatic carbocycles. The fourth-order valence-electron chi connectivity index (χ4n) is 3.67. The predicted molar refractivity (Wildman–Crippen MR) is 125 cm³/mol. The van der Waals surface area contributed by atoms with Crippen LogP contribution in [0.3, 0.4) is 0 Å². The second-order valence-electron chi connectivity index (χ2n) is 7.55. The number of rotatable bonds is 6. The van der Waals surface area contributed by atoms with Gasteiger partial charge in [-0.1, -0.05) is 78.9 Å². The zero-order chi connectivity index (χ0) is 21.6. The molecule has 0 aliphatic carbocycles. The van der Waals surface area contributed by atoms with E-state index in [1.807, 2.05) is 79.7 Å². The van der Waals surface area contributed by atoms with Gasteiger partial charge in [-0.25, -0.2) is 0 Å². The van der Waals surface area contributed by atoms with Crippen molar-refractivity contribution in [1.29, 1.82) is 0 Å².